The average Bonchev–Trinajstić information content (AvgIpc) is 2.83. The number of thiophene rings is 1. The maximum atomic E-state index is 12.2. The van der Waals surface area contributed by atoms with Gasteiger partial charge in [0.25, 0.3) is 11.7 Å². The van der Waals surface area contributed by atoms with Crippen LogP contribution in [-0.2, 0) is 16.0 Å². The largest absolute Gasteiger partial charge is 0.481 e. The summed E-state index contributed by atoms with van der Waals surface area (Å²) < 4.78 is 6.01. The van der Waals surface area contributed by atoms with Crippen LogP contribution in [0.5, 0.6) is 5.75 Å². The van der Waals surface area contributed by atoms with Gasteiger partial charge in [-0.1, -0.05) is 19.4 Å². The predicted molar refractivity (Wildman–Crippen MR) is 82.5 cm³/mol. The highest BCUT2D eigenvalue weighted by Gasteiger charge is 2.24. The van der Waals surface area contributed by atoms with Crippen molar-refractivity contribution in [2.75, 3.05) is 6.61 Å². The predicted octanol–water partition coefficient (Wildman–Crippen LogP) is 1.99. The van der Waals surface area contributed by atoms with Crippen molar-refractivity contribution in [3.8, 4) is 5.75 Å². The number of hydrogen-bond donors (Lipinski definition) is 2. The Balaban J connectivity index is 2.64. The summed E-state index contributed by atoms with van der Waals surface area (Å²) in [6.07, 6.45) is 1.43. The Labute approximate surface area is 130 Å². The summed E-state index contributed by atoms with van der Waals surface area (Å²) in [5.74, 6) is -2.67. The molecule has 1 aromatic carbocycles. The smallest absolute Gasteiger partial charge is 0.341 e. The number of aliphatic carboxylic acids is 1. The zero-order chi connectivity index (χ0) is 16.3. The highest BCUT2D eigenvalue weighted by atomic mass is 32.1. The molecule has 0 bridgehead atoms. The molecular formula is C15H15NO5S. The minimum absolute atomic E-state index is 0.232. The summed E-state index contributed by atoms with van der Waals surface area (Å²) in [6, 6.07) is 5.08. The van der Waals surface area contributed by atoms with Crippen LogP contribution in [0, 0.1) is 0 Å². The van der Waals surface area contributed by atoms with Gasteiger partial charge < -0.3 is 15.6 Å². The molecule has 0 aliphatic rings. The summed E-state index contributed by atoms with van der Waals surface area (Å²) in [6.45, 7) is 1.44. The number of Topliss-reactive ketones (excluding diaryl/α,β-unsaturated/α-hetero) is 1. The lowest BCUT2D eigenvalue weighted by molar-refractivity contribution is -0.139. The van der Waals surface area contributed by atoms with Crippen molar-refractivity contribution in [3.05, 3.63) is 28.6 Å². The minimum atomic E-state index is -1.12. The van der Waals surface area contributed by atoms with Crippen LogP contribution in [0.2, 0.25) is 0 Å². The molecule has 2 aromatic rings. The van der Waals surface area contributed by atoms with Crippen LogP contribution in [0.15, 0.2) is 18.2 Å². The van der Waals surface area contributed by atoms with E-state index in [2.05, 4.69) is 0 Å². The van der Waals surface area contributed by atoms with Gasteiger partial charge in [0.15, 0.2) is 6.61 Å². The quantitative estimate of drug-likeness (QED) is 0.599. The van der Waals surface area contributed by atoms with Crippen LogP contribution in [0.25, 0.3) is 10.1 Å². The van der Waals surface area contributed by atoms with Crippen molar-refractivity contribution in [2.45, 2.75) is 19.8 Å². The molecule has 1 amide bonds. The van der Waals surface area contributed by atoms with Gasteiger partial charge in [-0.15, -0.1) is 11.3 Å². The number of ether oxygens (including phenoxy) is 1. The Kier molecular flexibility index (Phi) is 4.77. The number of rotatable bonds is 7. The number of carbonyl (C=O) groups is 3. The second kappa shape index (κ2) is 6.57. The van der Waals surface area contributed by atoms with Gasteiger partial charge in [0.05, 0.1) is 5.56 Å². The van der Waals surface area contributed by atoms with Crippen LogP contribution in [0.4, 0.5) is 0 Å². The third-order valence-electron chi connectivity index (χ3n) is 3.03. The molecule has 0 saturated carbocycles. The summed E-state index contributed by atoms with van der Waals surface area (Å²) in [5, 5.41) is 9.20. The SMILES string of the molecule is CCCc1sc2cccc(OCC(=O)O)c2c1C(=O)C(N)=O. The first-order valence-corrected chi connectivity index (χ1v) is 7.50. The topological polar surface area (TPSA) is 107 Å². The lowest BCUT2D eigenvalue weighted by Gasteiger charge is -2.07. The van der Waals surface area contributed by atoms with E-state index in [1.165, 1.54) is 11.3 Å². The van der Waals surface area contributed by atoms with Gasteiger partial charge in [0.1, 0.15) is 5.75 Å². The molecule has 1 aromatic heterocycles. The Hall–Kier alpha value is -2.41. The second-order valence-electron chi connectivity index (χ2n) is 4.66. The Morgan fingerprint density at radius 3 is 2.64 bits per heavy atom. The normalized spacial score (nSPS) is 10.6. The molecule has 3 N–H and O–H groups in total. The fraction of sp³-hybridized carbons (Fsp3) is 0.267. The monoisotopic (exact) mass is 321 g/mol. The van der Waals surface area contributed by atoms with Crippen LogP contribution >= 0.6 is 11.3 Å². The number of fused-ring (bicyclic) bond motifs is 1. The number of primary amides is 1. The number of ketones is 1. The molecule has 7 heteroatoms. The lowest BCUT2D eigenvalue weighted by atomic mass is 10.0. The molecule has 0 saturated heterocycles. The first-order chi connectivity index (χ1) is 10.5. The number of carboxylic acid groups (broad SMARTS) is 1. The fourth-order valence-corrected chi connectivity index (χ4v) is 3.51. The Morgan fingerprint density at radius 2 is 2.05 bits per heavy atom. The number of amides is 1. The second-order valence-corrected chi connectivity index (χ2v) is 5.79. The molecule has 0 aliphatic carbocycles. The molecule has 6 nitrogen and oxygen atoms in total. The van der Waals surface area contributed by atoms with E-state index in [0.717, 1.165) is 16.0 Å². The fourth-order valence-electron chi connectivity index (χ4n) is 2.19. The van der Waals surface area contributed by atoms with Crippen LogP contribution in [-0.4, -0.2) is 29.4 Å². The number of aryl methyl sites for hydroxylation is 1. The van der Waals surface area contributed by atoms with Crippen molar-refractivity contribution in [1.29, 1.82) is 0 Å². The van der Waals surface area contributed by atoms with E-state index in [-0.39, 0.29) is 11.3 Å². The highest BCUT2D eigenvalue weighted by molar-refractivity contribution is 7.19. The van der Waals surface area contributed by atoms with Gasteiger partial charge in [-0.3, -0.25) is 9.59 Å². The molecule has 0 unspecified atom stereocenters. The average molecular weight is 321 g/mol. The van der Waals surface area contributed by atoms with Crippen molar-refractivity contribution < 1.29 is 24.2 Å². The molecule has 0 atom stereocenters. The standard InChI is InChI=1S/C15H15NO5S/c1-2-4-9-13(14(19)15(16)20)12-8(21-7-11(17)18)5-3-6-10(12)22-9/h3,5-6H,2,4,7H2,1H3,(H2,16,20)(H,17,18). The molecule has 1 heterocycles. The van der Waals surface area contributed by atoms with Gasteiger partial charge in [-0.05, 0) is 18.6 Å². The van der Waals surface area contributed by atoms with E-state index in [4.69, 9.17) is 15.6 Å². The van der Waals surface area contributed by atoms with Crippen molar-refractivity contribution in [2.24, 2.45) is 5.73 Å². The first kappa shape index (κ1) is 16.0. The molecule has 116 valence electrons. The third kappa shape index (κ3) is 3.09. The van der Waals surface area contributed by atoms with Crippen LogP contribution in [0.1, 0.15) is 28.6 Å². The van der Waals surface area contributed by atoms with Crippen LogP contribution in [0.3, 0.4) is 0 Å². The van der Waals surface area contributed by atoms with E-state index in [1.54, 1.807) is 18.2 Å². The van der Waals surface area contributed by atoms with E-state index in [9.17, 15) is 14.4 Å². The minimum Gasteiger partial charge on any atom is -0.481 e. The van der Waals surface area contributed by atoms with Gasteiger partial charge in [0, 0.05) is 15.0 Å². The summed E-state index contributed by atoms with van der Waals surface area (Å²) in [5.41, 5.74) is 5.37. The van der Waals surface area contributed by atoms with E-state index in [0.29, 0.717) is 11.8 Å². The summed E-state index contributed by atoms with van der Waals surface area (Å²) >= 11 is 1.39. The highest BCUT2D eigenvalue weighted by Crippen LogP contribution is 2.38. The van der Waals surface area contributed by atoms with Crippen molar-refractivity contribution in [1.82, 2.24) is 0 Å². The van der Waals surface area contributed by atoms with Gasteiger partial charge in [-0.25, -0.2) is 4.79 Å². The third-order valence-corrected chi connectivity index (χ3v) is 4.24. The number of benzene rings is 1. The maximum Gasteiger partial charge on any atom is 0.341 e. The maximum absolute atomic E-state index is 12.2. The van der Waals surface area contributed by atoms with Crippen LogP contribution < -0.4 is 10.5 Å². The zero-order valence-electron chi connectivity index (χ0n) is 11.9. The summed E-state index contributed by atoms with van der Waals surface area (Å²) in [7, 11) is 0. The molecule has 0 fully saturated rings. The van der Waals surface area contributed by atoms with Gasteiger partial charge >= 0.3 is 5.97 Å². The summed E-state index contributed by atoms with van der Waals surface area (Å²) in [4.78, 5) is 34.9. The van der Waals surface area contributed by atoms with Crippen molar-refractivity contribution in [3.63, 3.8) is 0 Å². The van der Waals surface area contributed by atoms with E-state index in [1.807, 2.05) is 6.92 Å². The van der Waals surface area contributed by atoms with E-state index < -0.39 is 24.3 Å². The van der Waals surface area contributed by atoms with Crippen molar-refractivity contribution >= 4 is 39.1 Å². The molecule has 0 radical (unpaired) electrons. The molecule has 2 rings (SSSR count). The Morgan fingerprint density at radius 1 is 1.32 bits per heavy atom. The number of nitrogens with two attached hydrogens (primary N) is 1. The van der Waals surface area contributed by atoms with Gasteiger partial charge in [-0.2, -0.15) is 0 Å². The molecule has 0 spiro atoms. The lowest BCUT2D eigenvalue weighted by Crippen LogP contribution is -2.23. The zero-order valence-corrected chi connectivity index (χ0v) is 12.7. The van der Waals surface area contributed by atoms with E-state index >= 15 is 0 Å². The Bertz CT molecular complexity index is 750. The van der Waals surface area contributed by atoms with Gasteiger partial charge in [0.2, 0.25) is 0 Å². The number of hydrogen-bond acceptors (Lipinski definition) is 5. The molecular weight excluding hydrogens is 306 g/mol. The first-order valence-electron chi connectivity index (χ1n) is 6.68. The molecule has 22 heavy (non-hydrogen) atoms. The molecule has 0 aliphatic heterocycles. The number of carboxylic acids is 1. The number of carbonyl (C=O) groups excluding carboxylic acids is 2.